The SMILES string of the molecule is CCOCCCN=C(NN)N(CCC(C)C)C1CCCC1. The summed E-state index contributed by atoms with van der Waals surface area (Å²) in [4.78, 5) is 7.06. The maximum absolute atomic E-state index is 5.73. The minimum atomic E-state index is 0.602. The van der Waals surface area contributed by atoms with E-state index in [4.69, 9.17) is 10.6 Å². The summed E-state index contributed by atoms with van der Waals surface area (Å²) in [5.74, 6) is 7.29. The zero-order valence-corrected chi connectivity index (χ0v) is 14.1. The molecule has 0 atom stereocenters. The molecule has 0 bridgehead atoms. The van der Waals surface area contributed by atoms with Crippen molar-refractivity contribution in [3.05, 3.63) is 0 Å². The zero-order chi connectivity index (χ0) is 15.5. The van der Waals surface area contributed by atoms with Crippen molar-refractivity contribution in [1.29, 1.82) is 0 Å². The van der Waals surface area contributed by atoms with Crippen molar-refractivity contribution < 1.29 is 4.74 Å². The lowest BCUT2D eigenvalue weighted by atomic mass is 10.1. The smallest absolute Gasteiger partial charge is 0.208 e. The maximum atomic E-state index is 5.73. The molecule has 124 valence electrons. The Balaban J connectivity index is 2.56. The van der Waals surface area contributed by atoms with Gasteiger partial charge in [0, 0.05) is 32.3 Å². The fourth-order valence-electron chi connectivity index (χ4n) is 2.79. The second kappa shape index (κ2) is 10.9. The molecule has 0 saturated heterocycles. The van der Waals surface area contributed by atoms with Gasteiger partial charge in [-0.05, 0) is 38.5 Å². The van der Waals surface area contributed by atoms with Crippen LogP contribution in [-0.4, -0.2) is 43.2 Å². The third kappa shape index (κ3) is 7.14. The lowest BCUT2D eigenvalue weighted by Gasteiger charge is -2.32. The highest BCUT2D eigenvalue weighted by Gasteiger charge is 2.24. The molecule has 0 aliphatic heterocycles. The van der Waals surface area contributed by atoms with Crippen LogP contribution < -0.4 is 11.3 Å². The molecule has 0 amide bonds. The summed E-state index contributed by atoms with van der Waals surface area (Å²) in [6, 6.07) is 0.602. The molecule has 5 heteroatoms. The molecule has 3 N–H and O–H groups in total. The highest BCUT2D eigenvalue weighted by atomic mass is 16.5. The van der Waals surface area contributed by atoms with Gasteiger partial charge in [-0.25, -0.2) is 5.84 Å². The zero-order valence-electron chi connectivity index (χ0n) is 14.1. The molecule has 0 spiro atoms. The monoisotopic (exact) mass is 298 g/mol. The van der Waals surface area contributed by atoms with Crippen molar-refractivity contribution in [2.24, 2.45) is 16.8 Å². The number of nitrogens with zero attached hydrogens (tertiary/aromatic N) is 2. The van der Waals surface area contributed by atoms with Crippen LogP contribution in [0.5, 0.6) is 0 Å². The third-order valence-electron chi connectivity index (χ3n) is 4.03. The highest BCUT2D eigenvalue weighted by Crippen LogP contribution is 2.24. The lowest BCUT2D eigenvalue weighted by Crippen LogP contribution is -2.49. The standard InChI is InChI=1S/C16H34N4O/c1-4-21-13-7-11-18-16(19-17)20(12-10-14(2)3)15-8-5-6-9-15/h14-15H,4-13,17H2,1-3H3,(H,18,19). The van der Waals surface area contributed by atoms with E-state index in [0.29, 0.717) is 12.0 Å². The number of rotatable bonds is 9. The summed E-state index contributed by atoms with van der Waals surface area (Å²) >= 11 is 0. The molecule has 1 rings (SSSR count). The van der Waals surface area contributed by atoms with Gasteiger partial charge in [-0.3, -0.25) is 10.4 Å². The summed E-state index contributed by atoms with van der Waals surface area (Å²) < 4.78 is 5.35. The lowest BCUT2D eigenvalue weighted by molar-refractivity contribution is 0.146. The van der Waals surface area contributed by atoms with Crippen LogP contribution >= 0.6 is 0 Å². The molecule has 0 aromatic carbocycles. The molecule has 1 saturated carbocycles. The number of hydrogen-bond donors (Lipinski definition) is 2. The van der Waals surface area contributed by atoms with E-state index < -0.39 is 0 Å². The average molecular weight is 298 g/mol. The second-order valence-electron chi connectivity index (χ2n) is 6.21. The van der Waals surface area contributed by atoms with Crippen LogP contribution in [-0.2, 0) is 4.74 Å². The molecule has 1 fully saturated rings. The highest BCUT2D eigenvalue weighted by molar-refractivity contribution is 5.79. The minimum absolute atomic E-state index is 0.602. The van der Waals surface area contributed by atoms with E-state index in [-0.39, 0.29) is 0 Å². The summed E-state index contributed by atoms with van der Waals surface area (Å²) in [7, 11) is 0. The summed E-state index contributed by atoms with van der Waals surface area (Å²) in [6.45, 7) is 9.90. The number of hydrogen-bond acceptors (Lipinski definition) is 3. The predicted molar refractivity (Wildman–Crippen MR) is 89.2 cm³/mol. The number of guanidine groups is 1. The van der Waals surface area contributed by atoms with E-state index in [1.165, 1.54) is 32.1 Å². The first-order valence-electron chi connectivity index (χ1n) is 8.54. The maximum Gasteiger partial charge on any atom is 0.208 e. The topological polar surface area (TPSA) is 62.9 Å². The Hall–Kier alpha value is -0.810. The van der Waals surface area contributed by atoms with Crippen molar-refractivity contribution in [2.45, 2.75) is 65.3 Å². The fourth-order valence-corrected chi connectivity index (χ4v) is 2.79. The van der Waals surface area contributed by atoms with Gasteiger partial charge in [0.1, 0.15) is 0 Å². The quantitative estimate of drug-likeness (QED) is 0.226. The van der Waals surface area contributed by atoms with Crippen LogP contribution in [0.25, 0.3) is 0 Å². The molecule has 0 radical (unpaired) electrons. The fraction of sp³-hybridized carbons (Fsp3) is 0.938. The van der Waals surface area contributed by atoms with Gasteiger partial charge in [-0.1, -0.05) is 26.7 Å². The predicted octanol–water partition coefficient (Wildman–Crippen LogP) is 2.52. The molecule has 1 aliphatic rings. The van der Waals surface area contributed by atoms with E-state index >= 15 is 0 Å². The van der Waals surface area contributed by atoms with Gasteiger partial charge >= 0.3 is 0 Å². The molecule has 0 unspecified atom stereocenters. The first-order chi connectivity index (χ1) is 10.2. The van der Waals surface area contributed by atoms with Crippen LogP contribution in [0.2, 0.25) is 0 Å². The van der Waals surface area contributed by atoms with Crippen LogP contribution in [0, 0.1) is 5.92 Å². The van der Waals surface area contributed by atoms with Gasteiger partial charge in [0.2, 0.25) is 5.96 Å². The number of nitrogens with one attached hydrogen (secondary N) is 1. The third-order valence-corrected chi connectivity index (χ3v) is 4.03. The first kappa shape index (κ1) is 18.2. The van der Waals surface area contributed by atoms with Crippen LogP contribution in [0.3, 0.4) is 0 Å². The number of aliphatic imine (C=N–C) groups is 1. The molecule has 0 aromatic heterocycles. The Kier molecular flexibility index (Phi) is 9.42. The van der Waals surface area contributed by atoms with Crippen LogP contribution in [0.4, 0.5) is 0 Å². The summed E-state index contributed by atoms with van der Waals surface area (Å²) in [5.41, 5.74) is 2.83. The van der Waals surface area contributed by atoms with Crippen molar-refractivity contribution >= 4 is 5.96 Å². The van der Waals surface area contributed by atoms with Gasteiger partial charge in [-0.15, -0.1) is 0 Å². The Morgan fingerprint density at radius 1 is 1.38 bits per heavy atom. The van der Waals surface area contributed by atoms with Gasteiger partial charge < -0.3 is 9.64 Å². The van der Waals surface area contributed by atoms with E-state index in [9.17, 15) is 0 Å². The Labute approximate surface area is 130 Å². The molecule has 0 aromatic rings. The molecule has 1 aliphatic carbocycles. The van der Waals surface area contributed by atoms with Crippen molar-refractivity contribution in [1.82, 2.24) is 10.3 Å². The largest absolute Gasteiger partial charge is 0.382 e. The summed E-state index contributed by atoms with van der Waals surface area (Å²) in [6.07, 6.45) is 7.30. The first-order valence-corrected chi connectivity index (χ1v) is 8.54. The molecule has 21 heavy (non-hydrogen) atoms. The second-order valence-corrected chi connectivity index (χ2v) is 6.21. The van der Waals surface area contributed by atoms with E-state index in [1.807, 2.05) is 6.92 Å². The Bertz CT molecular complexity index is 288. The molecular formula is C16H34N4O. The van der Waals surface area contributed by atoms with Gasteiger partial charge in [-0.2, -0.15) is 0 Å². The Morgan fingerprint density at radius 2 is 2.10 bits per heavy atom. The van der Waals surface area contributed by atoms with E-state index in [0.717, 1.165) is 38.7 Å². The molecule has 5 nitrogen and oxygen atoms in total. The van der Waals surface area contributed by atoms with Crippen molar-refractivity contribution in [3.63, 3.8) is 0 Å². The molecule has 0 heterocycles. The van der Waals surface area contributed by atoms with Crippen LogP contribution in [0.1, 0.15) is 59.3 Å². The minimum Gasteiger partial charge on any atom is -0.382 e. The number of hydrazine groups is 1. The molecular weight excluding hydrogens is 264 g/mol. The van der Waals surface area contributed by atoms with E-state index in [1.54, 1.807) is 0 Å². The number of ether oxygens (including phenoxy) is 1. The van der Waals surface area contributed by atoms with Crippen molar-refractivity contribution in [3.8, 4) is 0 Å². The van der Waals surface area contributed by atoms with Gasteiger partial charge in [0.25, 0.3) is 0 Å². The van der Waals surface area contributed by atoms with Gasteiger partial charge in [0.15, 0.2) is 0 Å². The Morgan fingerprint density at radius 3 is 2.67 bits per heavy atom. The van der Waals surface area contributed by atoms with Crippen molar-refractivity contribution in [2.75, 3.05) is 26.3 Å². The van der Waals surface area contributed by atoms with Crippen LogP contribution in [0.15, 0.2) is 4.99 Å². The van der Waals surface area contributed by atoms with Gasteiger partial charge in [0.05, 0.1) is 0 Å². The summed E-state index contributed by atoms with van der Waals surface area (Å²) in [5, 5.41) is 0. The van der Waals surface area contributed by atoms with E-state index in [2.05, 4.69) is 29.2 Å². The normalized spacial score (nSPS) is 16.7. The average Bonchev–Trinajstić information content (AvgIpc) is 2.98. The number of nitrogens with two attached hydrogens (primary N) is 1.